The van der Waals surface area contributed by atoms with Crippen LogP contribution < -0.4 is 0 Å². The first kappa shape index (κ1) is 15.3. The van der Waals surface area contributed by atoms with Crippen molar-refractivity contribution in [1.82, 2.24) is 15.1 Å². The van der Waals surface area contributed by atoms with Crippen molar-refractivity contribution in [2.75, 3.05) is 19.7 Å². The molecule has 1 aromatic carbocycles. The van der Waals surface area contributed by atoms with E-state index in [0.717, 1.165) is 11.8 Å². The third-order valence-corrected chi connectivity index (χ3v) is 4.43. The summed E-state index contributed by atoms with van der Waals surface area (Å²) in [6, 6.07) is 3.61. The van der Waals surface area contributed by atoms with Crippen LogP contribution in [-0.4, -0.2) is 46.8 Å². The minimum Gasteiger partial charge on any atom is -0.376 e. The summed E-state index contributed by atoms with van der Waals surface area (Å²) < 4.78 is 5.84. The number of benzene rings is 1. The van der Waals surface area contributed by atoms with E-state index in [0.29, 0.717) is 41.7 Å². The maximum atomic E-state index is 13.0. The molecule has 6 heteroatoms. The topological polar surface area (TPSA) is 58.2 Å². The predicted molar refractivity (Wildman–Crippen MR) is 86.2 cm³/mol. The Bertz CT molecular complexity index is 683. The van der Waals surface area contributed by atoms with Gasteiger partial charge < -0.3 is 9.64 Å². The van der Waals surface area contributed by atoms with Crippen LogP contribution in [0.4, 0.5) is 0 Å². The van der Waals surface area contributed by atoms with Gasteiger partial charge >= 0.3 is 0 Å². The van der Waals surface area contributed by atoms with Crippen molar-refractivity contribution in [3.05, 3.63) is 28.9 Å². The molecule has 5 nitrogen and oxygen atoms in total. The van der Waals surface area contributed by atoms with Crippen molar-refractivity contribution in [3.63, 3.8) is 0 Å². The second kappa shape index (κ2) is 6.26. The number of rotatable bonds is 2. The first-order valence-corrected chi connectivity index (χ1v) is 7.98. The zero-order valence-electron chi connectivity index (χ0n) is 12.8. The number of aromatic nitrogens is 2. The number of ether oxygens (including phenoxy) is 1. The Kier molecular flexibility index (Phi) is 4.36. The molecule has 0 aliphatic carbocycles. The number of nitrogens with zero attached hydrogens (tertiary/aromatic N) is 2. The fourth-order valence-electron chi connectivity index (χ4n) is 2.79. The van der Waals surface area contributed by atoms with E-state index in [9.17, 15) is 4.79 Å². The summed E-state index contributed by atoms with van der Waals surface area (Å²) in [5, 5.41) is 8.24. The molecule has 1 amide bonds. The minimum atomic E-state index is -0.0593. The summed E-state index contributed by atoms with van der Waals surface area (Å²) in [6.45, 7) is 6.19. The fourth-order valence-corrected chi connectivity index (χ4v) is 3.03. The van der Waals surface area contributed by atoms with Gasteiger partial charge in [-0.2, -0.15) is 5.10 Å². The average molecular weight is 322 g/mol. The number of hydrogen-bond acceptors (Lipinski definition) is 3. The van der Waals surface area contributed by atoms with Crippen LogP contribution in [0.5, 0.6) is 0 Å². The van der Waals surface area contributed by atoms with Crippen LogP contribution in [0, 0.1) is 5.92 Å². The number of fused-ring (bicyclic) bond motifs is 1. The van der Waals surface area contributed by atoms with Crippen LogP contribution >= 0.6 is 11.6 Å². The molecule has 2 aromatic rings. The average Bonchev–Trinajstić information content (AvgIpc) is 2.81. The lowest BCUT2D eigenvalue weighted by molar-refractivity contribution is 0.0222. The van der Waals surface area contributed by atoms with Crippen molar-refractivity contribution in [2.24, 2.45) is 5.92 Å². The highest BCUT2D eigenvalue weighted by atomic mass is 35.5. The fraction of sp³-hybridized carbons (Fsp3) is 0.500. The number of halogens is 1. The summed E-state index contributed by atoms with van der Waals surface area (Å²) in [6.07, 6.45) is 2.60. The lowest BCUT2D eigenvalue weighted by Crippen LogP contribution is -2.39. The third-order valence-electron chi connectivity index (χ3n) is 4.12. The van der Waals surface area contributed by atoms with Crippen LogP contribution in [0.3, 0.4) is 0 Å². The van der Waals surface area contributed by atoms with E-state index in [1.807, 2.05) is 11.0 Å². The number of hydrogen-bond donors (Lipinski definition) is 1. The normalized spacial score (nSPS) is 19.6. The summed E-state index contributed by atoms with van der Waals surface area (Å²) in [5.74, 6) is 0.308. The number of carbonyl (C=O) groups is 1. The Hall–Kier alpha value is -1.59. The molecule has 1 aromatic heterocycles. The van der Waals surface area contributed by atoms with Gasteiger partial charge in [-0.15, -0.1) is 0 Å². The van der Waals surface area contributed by atoms with Crippen molar-refractivity contribution in [1.29, 1.82) is 0 Å². The Balaban J connectivity index is 1.94. The van der Waals surface area contributed by atoms with Crippen LogP contribution in [0.15, 0.2) is 18.3 Å². The van der Waals surface area contributed by atoms with Gasteiger partial charge in [-0.3, -0.25) is 9.89 Å². The molecule has 2 heterocycles. The highest BCUT2D eigenvalue weighted by Gasteiger charge is 2.27. The van der Waals surface area contributed by atoms with Crippen molar-refractivity contribution >= 4 is 28.4 Å². The van der Waals surface area contributed by atoms with E-state index in [2.05, 4.69) is 24.0 Å². The van der Waals surface area contributed by atoms with Crippen LogP contribution in [0.25, 0.3) is 10.9 Å². The van der Waals surface area contributed by atoms with Gasteiger partial charge in [-0.1, -0.05) is 25.4 Å². The summed E-state index contributed by atoms with van der Waals surface area (Å²) in [5.41, 5.74) is 1.20. The molecule has 3 rings (SSSR count). The standard InChI is InChI=1S/C16H20ClN3O2/c1-10(2)13-9-20(6-3-7-22-13)16(21)14-12(17)5-4-11-8-18-19-15(11)14/h4-5,8,10,13H,3,6-7,9H2,1-2H3,(H,18,19). The van der Waals surface area contributed by atoms with Crippen molar-refractivity contribution in [3.8, 4) is 0 Å². The monoisotopic (exact) mass is 321 g/mol. The molecule has 118 valence electrons. The van der Waals surface area contributed by atoms with Gasteiger partial charge in [0.05, 0.1) is 28.4 Å². The molecule has 0 spiro atoms. The zero-order valence-corrected chi connectivity index (χ0v) is 13.6. The van der Waals surface area contributed by atoms with Gasteiger partial charge in [0.15, 0.2) is 0 Å². The second-order valence-corrected chi connectivity index (χ2v) is 6.42. The van der Waals surface area contributed by atoms with E-state index in [1.54, 1.807) is 12.3 Å². The van der Waals surface area contributed by atoms with E-state index in [4.69, 9.17) is 16.3 Å². The van der Waals surface area contributed by atoms with Crippen molar-refractivity contribution in [2.45, 2.75) is 26.4 Å². The molecule has 1 N–H and O–H groups in total. The molecule has 22 heavy (non-hydrogen) atoms. The summed E-state index contributed by atoms with van der Waals surface area (Å²) in [7, 11) is 0. The van der Waals surface area contributed by atoms with E-state index >= 15 is 0 Å². The SMILES string of the molecule is CC(C)C1CN(C(=O)c2c(Cl)ccc3cn[nH]c23)CCCO1. The predicted octanol–water partition coefficient (Wildman–Crippen LogP) is 3.10. The first-order valence-electron chi connectivity index (χ1n) is 7.60. The van der Waals surface area contributed by atoms with Crippen molar-refractivity contribution < 1.29 is 9.53 Å². The van der Waals surface area contributed by atoms with Gasteiger partial charge in [-0.25, -0.2) is 0 Å². The first-order chi connectivity index (χ1) is 10.6. The number of aromatic amines is 1. The lowest BCUT2D eigenvalue weighted by atomic mass is 10.1. The Morgan fingerprint density at radius 1 is 1.50 bits per heavy atom. The zero-order chi connectivity index (χ0) is 15.7. The Labute approximate surface area is 134 Å². The van der Waals surface area contributed by atoms with Gasteiger partial charge in [0.25, 0.3) is 5.91 Å². The van der Waals surface area contributed by atoms with E-state index in [1.165, 1.54) is 0 Å². The van der Waals surface area contributed by atoms with Gasteiger partial charge in [0, 0.05) is 25.1 Å². The molecule has 1 saturated heterocycles. The molecule has 0 radical (unpaired) electrons. The molecule has 0 saturated carbocycles. The molecule has 0 bridgehead atoms. The van der Waals surface area contributed by atoms with Gasteiger partial charge in [-0.05, 0) is 24.5 Å². The molecule has 1 fully saturated rings. The minimum absolute atomic E-state index is 0.0593. The maximum absolute atomic E-state index is 13.0. The number of amides is 1. The third kappa shape index (κ3) is 2.83. The van der Waals surface area contributed by atoms with E-state index in [-0.39, 0.29) is 12.0 Å². The Morgan fingerprint density at radius 2 is 2.32 bits per heavy atom. The highest BCUT2D eigenvalue weighted by molar-refractivity contribution is 6.35. The number of carbonyl (C=O) groups excluding carboxylic acids is 1. The molecular formula is C16H20ClN3O2. The smallest absolute Gasteiger partial charge is 0.257 e. The van der Waals surface area contributed by atoms with E-state index < -0.39 is 0 Å². The van der Waals surface area contributed by atoms with Gasteiger partial charge in [0.1, 0.15) is 0 Å². The second-order valence-electron chi connectivity index (χ2n) is 6.01. The maximum Gasteiger partial charge on any atom is 0.257 e. The largest absolute Gasteiger partial charge is 0.376 e. The number of H-pyrrole nitrogens is 1. The van der Waals surface area contributed by atoms with Crippen LogP contribution in [-0.2, 0) is 4.74 Å². The Morgan fingerprint density at radius 3 is 3.09 bits per heavy atom. The highest BCUT2D eigenvalue weighted by Crippen LogP contribution is 2.27. The molecule has 1 aliphatic heterocycles. The van der Waals surface area contributed by atoms with Crippen LogP contribution in [0.2, 0.25) is 5.02 Å². The molecule has 1 aliphatic rings. The lowest BCUT2D eigenvalue weighted by Gasteiger charge is -2.26. The quantitative estimate of drug-likeness (QED) is 0.924. The molecular weight excluding hydrogens is 302 g/mol. The van der Waals surface area contributed by atoms with Gasteiger partial charge in [0.2, 0.25) is 0 Å². The van der Waals surface area contributed by atoms with Crippen LogP contribution in [0.1, 0.15) is 30.6 Å². The molecule has 1 unspecified atom stereocenters. The molecule has 1 atom stereocenters. The number of nitrogens with one attached hydrogen (secondary N) is 1. The summed E-state index contributed by atoms with van der Waals surface area (Å²) >= 11 is 6.29. The summed E-state index contributed by atoms with van der Waals surface area (Å²) in [4.78, 5) is 14.8.